The van der Waals surface area contributed by atoms with E-state index in [1.807, 2.05) is 66.5 Å². The maximum Gasteiger partial charge on any atom is 0.208 e. The summed E-state index contributed by atoms with van der Waals surface area (Å²) in [5.41, 5.74) is 7.44. The van der Waals surface area contributed by atoms with Crippen molar-refractivity contribution in [2.75, 3.05) is 11.9 Å². The van der Waals surface area contributed by atoms with Crippen molar-refractivity contribution in [2.24, 2.45) is 0 Å². The van der Waals surface area contributed by atoms with Gasteiger partial charge in [-0.3, -0.25) is 15.0 Å². The quantitative estimate of drug-likeness (QED) is 0.407. The molecule has 0 aliphatic heterocycles. The molecule has 160 valence electrons. The predicted molar refractivity (Wildman–Crippen MR) is 129 cm³/mol. The van der Waals surface area contributed by atoms with Crippen molar-refractivity contribution < 1.29 is 0 Å². The summed E-state index contributed by atoms with van der Waals surface area (Å²) in [5, 5.41) is 9.28. The molecule has 0 aliphatic rings. The zero-order chi connectivity index (χ0) is 22.8. The van der Waals surface area contributed by atoms with Gasteiger partial charge < -0.3 is 9.88 Å². The summed E-state index contributed by atoms with van der Waals surface area (Å²) in [6.45, 7) is 2.09. The maximum atomic E-state index is 9.28. The Kier molecular flexibility index (Phi) is 5.25. The summed E-state index contributed by atoms with van der Waals surface area (Å²) in [5.74, 6) is 0.651. The van der Waals surface area contributed by atoms with Crippen LogP contribution in [-0.4, -0.2) is 32.0 Å². The highest BCUT2D eigenvalue weighted by Crippen LogP contribution is 2.34. The Morgan fingerprint density at radius 3 is 2.58 bits per heavy atom. The first kappa shape index (κ1) is 20.3. The SMILES string of the molecule is CCc1cccc(-c2[nH]c(N(C)c3cccc(C#N)c3)nc2-c2ccc3nccnc3c2)n1. The molecule has 0 radical (unpaired) electrons. The van der Waals surface area contributed by atoms with E-state index in [1.165, 1.54) is 0 Å². The summed E-state index contributed by atoms with van der Waals surface area (Å²) in [4.78, 5) is 24.0. The number of aromatic nitrogens is 5. The number of H-pyrrole nitrogens is 1. The number of benzene rings is 2. The molecule has 3 heterocycles. The summed E-state index contributed by atoms with van der Waals surface area (Å²) in [6.07, 6.45) is 4.21. The van der Waals surface area contributed by atoms with Crippen LogP contribution in [0.4, 0.5) is 11.6 Å². The van der Waals surface area contributed by atoms with Gasteiger partial charge in [0, 0.05) is 36.4 Å². The van der Waals surface area contributed by atoms with Crippen LogP contribution in [-0.2, 0) is 6.42 Å². The molecule has 5 rings (SSSR count). The first-order valence-corrected chi connectivity index (χ1v) is 10.7. The normalized spacial score (nSPS) is 10.8. The zero-order valence-corrected chi connectivity index (χ0v) is 18.3. The molecule has 7 nitrogen and oxygen atoms in total. The molecular formula is C26H21N7. The van der Waals surface area contributed by atoms with Crippen molar-refractivity contribution in [2.45, 2.75) is 13.3 Å². The van der Waals surface area contributed by atoms with Gasteiger partial charge in [0.05, 0.1) is 34.1 Å². The predicted octanol–water partition coefficient (Wildman–Crippen LogP) is 5.28. The smallest absolute Gasteiger partial charge is 0.208 e. The van der Waals surface area contributed by atoms with Gasteiger partial charge >= 0.3 is 0 Å². The summed E-state index contributed by atoms with van der Waals surface area (Å²) in [6, 6.07) is 21.6. The number of hydrogen-bond acceptors (Lipinski definition) is 6. The molecule has 0 saturated heterocycles. The number of imidazole rings is 1. The molecule has 0 unspecified atom stereocenters. The molecule has 0 amide bonds. The number of hydrogen-bond donors (Lipinski definition) is 1. The van der Waals surface area contributed by atoms with E-state index in [1.54, 1.807) is 18.5 Å². The van der Waals surface area contributed by atoms with E-state index in [0.717, 1.165) is 51.5 Å². The van der Waals surface area contributed by atoms with Crippen LogP contribution in [0.1, 0.15) is 18.2 Å². The van der Waals surface area contributed by atoms with E-state index in [-0.39, 0.29) is 0 Å². The average molecular weight is 432 g/mol. The molecule has 33 heavy (non-hydrogen) atoms. The highest BCUT2D eigenvalue weighted by molar-refractivity contribution is 5.85. The van der Waals surface area contributed by atoms with Crippen LogP contribution in [0.25, 0.3) is 33.7 Å². The fraction of sp³-hybridized carbons (Fsp3) is 0.115. The number of nitrogens with zero attached hydrogens (tertiary/aromatic N) is 6. The van der Waals surface area contributed by atoms with Gasteiger partial charge in [-0.25, -0.2) is 4.98 Å². The second kappa shape index (κ2) is 8.52. The van der Waals surface area contributed by atoms with E-state index in [0.29, 0.717) is 11.5 Å². The number of aromatic amines is 1. The molecule has 5 aromatic rings. The average Bonchev–Trinajstić information content (AvgIpc) is 3.33. The number of rotatable bonds is 5. The van der Waals surface area contributed by atoms with Gasteiger partial charge in [-0.1, -0.05) is 25.1 Å². The minimum Gasteiger partial charge on any atom is -0.322 e. The highest BCUT2D eigenvalue weighted by Gasteiger charge is 2.19. The minimum absolute atomic E-state index is 0.594. The Balaban J connectivity index is 1.67. The summed E-state index contributed by atoms with van der Waals surface area (Å²) < 4.78 is 0. The van der Waals surface area contributed by atoms with Crippen LogP contribution < -0.4 is 4.90 Å². The first-order chi connectivity index (χ1) is 16.2. The molecule has 2 aromatic carbocycles. The maximum absolute atomic E-state index is 9.28. The topological polar surface area (TPSA) is 94.4 Å². The standard InChI is InChI=1S/C26H21N7/c1-3-19-7-5-9-22(30-19)25-24(18-10-11-21-23(15-18)29-13-12-28-21)31-26(32-25)33(2)20-8-4-6-17(14-20)16-27/h4-15H,3H2,1-2H3,(H,31,32). The van der Waals surface area contributed by atoms with Crippen molar-refractivity contribution in [3.8, 4) is 28.7 Å². The number of nitrogens with one attached hydrogen (secondary N) is 1. The van der Waals surface area contributed by atoms with Crippen molar-refractivity contribution in [3.63, 3.8) is 0 Å². The Morgan fingerprint density at radius 1 is 0.939 bits per heavy atom. The molecule has 0 bridgehead atoms. The second-order valence-electron chi connectivity index (χ2n) is 7.63. The fourth-order valence-electron chi connectivity index (χ4n) is 3.75. The third-order valence-electron chi connectivity index (χ3n) is 5.54. The number of anilines is 2. The van der Waals surface area contributed by atoms with Crippen molar-refractivity contribution >= 4 is 22.7 Å². The number of nitriles is 1. The number of aryl methyl sites for hydroxylation is 1. The number of pyridine rings is 1. The van der Waals surface area contributed by atoms with Crippen LogP contribution in [0.3, 0.4) is 0 Å². The molecule has 7 heteroatoms. The zero-order valence-electron chi connectivity index (χ0n) is 18.3. The van der Waals surface area contributed by atoms with Crippen LogP contribution in [0.5, 0.6) is 0 Å². The molecule has 0 spiro atoms. The molecule has 3 aromatic heterocycles. The van der Waals surface area contributed by atoms with E-state index >= 15 is 0 Å². The molecule has 0 fully saturated rings. The molecule has 0 atom stereocenters. The van der Waals surface area contributed by atoms with Gasteiger partial charge in [0.2, 0.25) is 5.95 Å². The van der Waals surface area contributed by atoms with E-state index in [4.69, 9.17) is 9.97 Å². The lowest BCUT2D eigenvalue weighted by atomic mass is 10.1. The van der Waals surface area contributed by atoms with E-state index < -0.39 is 0 Å². The van der Waals surface area contributed by atoms with Gasteiger partial charge in [-0.05, 0) is 48.9 Å². The van der Waals surface area contributed by atoms with Crippen LogP contribution in [0, 0.1) is 11.3 Å². The van der Waals surface area contributed by atoms with Crippen LogP contribution in [0.15, 0.2) is 73.1 Å². The van der Waals surface area contributed by atoms with E-state index in [9.17, 15) is 5.26 Å². The van der Waals surface area contributed by atoms with Crippen LogP contribution in [0.2, 0.25) is 0 Å². The third kappa shape index (κ3) is 3.90. The van der Waals surface area contributed by atoms with Crippen LogP contribution >= 0.6 is 0 Å². The Labute approximate surface area is 191 Å². The van der Waals surface area contributed by atoms with E-state index in [2.05, 4.69) is 27.9 Å². The van der Waals surface area contributed by atoms with Gasteiger partial charge in [0.15, 0.2) is 0 Å². The third-order valence-corrected chi connectivity index (χ3v) is 5.54. The lowest BCUT2D eigenvalue weighted by Crippen LogP contribution is -2.11. The lowest BCUT2D eigenvalue weighted by Gasteiger charge is -2.16. The van der Waals surface area contributed by atoms with Crippen molar-refractivity contribution in [1.29, 1.82) is 5.26 Å². The Hall–Kier alpha value is -4.57. The molecule has 0 saturated carbocycles. The van der Waals surface area contributed by atoms with Crippen molar-refractivity contribution in [3.05, 3.63) is 84.3 Å². The molecule has 1 N–H and O–H groups in total. The largest absolute Gasteiger partial charge is 0.322 e. The Bertz CT molecular complexity index is 1500. The molecule has 0 aliphatic carbocycles. The lowest BCUT2D eigenvalue weighted by molar-refractivity contribution is 1.03. The Morgan fingerprint density at radius 2 is 1.76 bits per heavy atom. The summed E-state index contributed by atoms with van der Waals surface area (Å²) >= 11 is 0. The van der Waals surface area contributed by atoms with Gasteiger partial charge in [0.25, 0.3) is 0 Å². The van der Waals surface area contributed by atoms with Gasteiger partial charge in [-0.2, -0.15) is 5.26 Å². The first-order valence-electron chi connectivity index (χ1n) is 10.7. The second-order valence-corrected chi connectivity index (χ2v) is 7.63. The van der Waals surface area contributed by atoms with Gasteiger partial charge in [-0.15, -0.1) is 0 Å². The number of fused-ring (bicyclic) bond motifs is 1. The summed E-state index contributed by atoms with van der Waals surface area (Å²) in [7, 11) is 1.92. The minimum atomic E-state index is 0.594. The van der Waals surface area contributed by atoms with Crippen molar-refractivity contribution in [1.82, 2.24) is 24.9 Å². The highest BCUT2D eigenvalue weighted by atomic mass is 15.2. The molecular weight excluding hydrogens is 410 g/mol. The fourth-order valence-corrected chi connectivity index (χ4v) is 3.75. The monoisotopic (exact) mass is 431 g/mol. The van der Waals surface area contributed by atoms with Gasteiger partial charge in [0.1, 0.15) is 5.69 Å².